The Balaban J connectivity index is 2.32. The Hall–Kier alpha value is -1.10. The van der Waals surface area contributed by atoms with Gasteiger partial charge in [-0.1, -0.05) is 42.5 Å². The van der Waals surface area contributed by atoms with Gasteiger partial charge in [-0.2, -0.15) is 0 Å². The maximum Gasteiger partial charge on any atom is 0.270 e. The van der Waals surface area contributed by atoms with Crippen LogP contribution in [-0.2, 0) is 13.8 Å². The summed E-state index contributed by atoms with van der Waals surface area (Å²) in [5.41, 5.74) is 1.08. The zero-order chi connectivity index (χ0) is 13.2. The van der Waals surface area contributed by atoms with E-state index < -0.39 is 14.0 Å². The van der Waals surface area contributed by atoms with Crippen LogP contribution in [0.4, 0.5) is 0 Å². The van der Waals surface area contributed by atoms with E-state index in [1.165, 1.54) is 19.3 Å². The Labute approximate surface area is 111 Å². The molecule has 1 aromatic rings. The maximum atomic E-state index is 11.5. The Morgan fingerprint density at radius 3 is 2.17 bits per heavy atom. The lowest BCUT2D eigenvalue weighted by molar-refractivity contribution is 0.140. The summed E-state index contributed by atoms with van der Waals surface area (Å²) in [5.74, 6) is 0.0351. The van der Waals surface area contributed by atoms with Crippen molar-refractivity contribution in [2.45, 2.75) is 10.9 Å². The van der Waals surface area contributed by atoms with Crippen molar-refractivity contribution in [2.75, 3.05) is 7.11 Å². The number of methoxy groups -OCH3 is 1. The first-order valence-electron chi connectivity index (χ1n) is 5.41. The molecule has 1 aliphatic rings. The van der Waals surface area contributed by atoms with Gasteiger partial charge < -0.3 is 4.74 Å². The molecule has 0 spiro atoms. The molecule has 0 fully saturated rings. The third kappa shape index (κ3) is 2.36. The van der Waals surface area contributed by atoms with Crippen molar-refractivity contribution in [1.82, 2.24) is 0 Å². The monoisotopic (exact) mass is 284 g/mol. The lowest BCUT2D eigenvalue weighted by atomic mass is 9.94. The van der Waals surface area contributed by atoms with E-state index in [9.17, 15) is 8.42 Å². The minimum atomic E-state index is -3.87. The normalized spacial score (nSPS) is 27.3. The fourth-order valence-electron chi connectivity index (χ4n) is 1.89. The molecule has 0 radical (unpaired) electrons. The quantitative estimate of drug-likeness (QED) is 0.633. The van der Waals surface area contributed by atoms with Crippen LogP contribution in [0.15, 0.2) is 54.6 Å². The number of hydrogen-bond donors (Lipinski definition) is 0. The number of halogens is 1. The molecule has 5 heteroatoms. The third-order valence-electron chi connectivity index (χ3n) is 2.96. The second-order valence-electron chi connectivity index (χ2n) is 4.02. The molecule has 96 valence electrons. The summed E-state index contributed by atoms with van der Waals surface area (Å²) in [6.07, 6.45) is 6.51. The highest BCUT2D eigenvalue weighted by Gasteiger charge is 2.40. The van der Waals surface area contributed by atoms with Gasteiger partial charge in [0.15, 0.2) is 0 Å². The van der Waals surface area contributed by atoms with Gasteiger partial charge in [0.25, 0.3) is 9.05 Å². The molecular formula is C13H13ClO3S. The zero-order valence-electron chi connectivity index (χ0n) is 9.78. The van der Waals surface area contributed by atoms with Gasteiger partial charge in [0.1, 0.15) is 0 Å². The minimum Gasteiger partial charge on any atom is -0.355 e. The average molecular weight is 285 g/mol. The first kappa shape index (κ1) is 13.3. The van der Waals surface area contributed by atoms with Crippen molar-refractivity contribution in [2.24, 2.45) is 0 Å². The van der Waals surface area contributed by atoms with Crippen LogP contribution < -0.4 is 0 Å². The van der Waals surface area contributed by atoms with Gasteiger partial charge in [0.2, 0.25) is 4.93 Å². The van der Waals surface area contributed by atoms with Crippen LogP contribution in [0.5, 0.6) is 0 Å². The van der Waals surface area contributed by atoms with E-state index in [-0.39, 0.29) is 5.92 Å². The Bertz CT molecular complexity index is 562. The highest BCUT2D eigenvalue weighted by molar-refractivity contribution is 8.15. The van der Waals surface area contributed by atoms with Crippen molar-refractivity contribution >= 4 is 19.7 Å². The maximum absolute atomic E-state index is 11.5. The molecule has 0 saturated carbocycles. The molecule has 0 N–H and O–H groups in total. The van der Waals surface area contributed by atoms with Gasteiger partial charge in [0.05, 0.1) is 0 Å². The van der Waals surface area contributed by atoms with Gasteiger partial charge in [-0.25, -0.2) is 8.42 Å². The van der Waals surface area contributed by atoms with E-state index in [4.69, 9.17) is 15.4 Å². The number of benzene rings is 1. The van der Waals surface area contributed by atoms with Gasteiger partial charge in [-0.05, 0) is 17.7 Å². The van der Waals surface area contributed by atoms with Crippen molar-refractivity contribution in [1.29, 1.82) is 0 Å². The molecule has 1 aromatic carbocycles. The van der Waals surface area contributed by atoms with E-state index in [2.05, 4.69) is 0 Å². The first-order chi connectivity index (χ1) is 8.48. The summed E-state index contributed by atoms with van der Waals surface area (Å²) in [4.78, 5) is -1.56. The van der Waals surface area contributed by atoms with Gasteiger partial charge in [-0.3, -0.25) is 0 Å². The van der Waals surface area contributed by atoms with Crippen LogP contribution in [-0.4, -0.2) is 20.5 Å². The first-order valence-corrected chi connectivity index (χ1v) is 7.72. The van der Waals surface area contributed by atoms with Crippen LogP contribution in [0.3, 0.4) is 0 Å². The Morgan fingerprint density at radius 1 is 1.17 bits per heavy atom. The zero-order valence-corrected chi connectivity index (χ0v) is 11.4. The van der Waals surface area contributed by atoms with Gasteiger partial charge in [-0.15, -0.1) is 0 Å². The minimum absolute atomic E-state index is 0.0351. The summed E-state index contributed by atoms with van der Waals surface area (Å²) in [7, 11) is 2.86. The molecule has 0 amide bonds. The summed E-state index contributed by atoms with van der Waals surface area (Å²) in [6, 6.07) is 9.77. The van der Waals surface area contributed by atoms with Crippen molar-refractivity contribution in [3.8, 4) is 0 Å². The van der Waals surface area contributed by atoms with Crippen LogP contribution in [0, 0.1) is 0 Å². The van der Waals surface area contributed by atoms with E-state index >= 15 is 0 Å². The highest BCUT2D eigenvalue weighted by Crippen LogP contribution is 2.33. The molecule has 1 aliphatic carbocycles. The van der Waals surface area contributed by atoms with Crippen LogP contribution in [0.25, 0.3) is 0 Å². The predicted molar refractivity (Wildman–Crippen MR) is 72.0 cm³/mol. The SMILES string of the molecule is COC1(S(=O)(=O)Cl)C=CC(c2ccccc2)C=C1. The Morgan fingerprint density at radius 2 is 1.72 bits per heavy atom. The Kier molecular flexibility index (Phi) is 3.61. The summed E-state index contributed by atoms with van der Waals surface area (Å²) >= 11 is 0. The molecule has 0 heterocycles. The lowest BCUT2D eigenvalue weighted by Gasteiger charge is -2.26. The summed E-state index contributed by atoms with van der Waals surface area (Å²) in [5, 5.41) is 0. The van der Waals surface area contributed by atoms with Gasteiger partial charge in [0, 0.05) is 23.7 Å². The molecule has 0 aliphatic heterocycles. The van der Waals surface area contributed by atoms with Crippen molar-refractivity contribution < 1.29 is 13.2 Å². The number of ether oxygens (including phenoxy) is 1. The predicted octanol–water partition coefficient (Wildman–Crippen LogP) is 2.81. The second kappa shape index (κ2) is 4.88. The number of allylic oxidation sites excluding steroid dienone is 2. The standard InChI is InChI=1S/C13H13ClO3S/c1-17-13(18(14,15)16)9-7-12(8-10-13)11-5-3-2-4-6-11/h2-10,12H,1H3. The molecule has 0 bridgehead atoms. The molecule has 2 rings (SSSR count). The molecule has 18 heavy (non-hydrogen) atoms. The summed E-state index contributed by atoms with van der Waals surface area (Å²) in [6.45, 7) is 0. The molecule has 0 atom stereocenters. The molecule has 3 nitrogen and oxygen atoms in total. The molecule has 0 unspecified atom stereocenters. The van der Waals surface area contributed by atoms with E-state index in [0.29, 0.717) is 0 Å². The van der Waals surface area contributed by atoms with Crippen molar-refractivity contribution in [3.63, 3.8) is 0 Å². The molecule has 0 saturated heterocycles. The third-order valence-corrected chi connectivity index (χ3v) is 4.88. The topological polar surface area (TPSA) is 43.4 Å². The number of rotatable bonds is 3. The number of hydrogen-bond acceptors (Lipinski definition) is 3. The average Bonchev–Trinajstić information content (AvgIpc) is 2.38. The van der Waals surface area contributed by atoms with Crippen molar-refractivity contribution in [3.05, 3.63) is 60.2 Å². The second-order valence-corrected chi connectivity index (χ2v) is 6.75. The highest BCUT2D eigenvalue weighted by atomic mass is 35.7. The van der Waals surface area contributed by atoms with E-state index in [0.717, 1.165) is 5.56 Å². The smallest absolute Gasteiger partial charge is 0.270 e. The fourth-order valence-corrected chi connectivity index (χ4v) is 3.07. The van der Waals surface area contributed by atoms with Gasteiger partial charge >= 0.3 is 0 Å². The largest absolute Gasteiger partial charge is 0.355 e. The summed E-state index contributed by atoms with van der Waals surface area (Å²) < 4.78 is 28.1. The van der Waals surface area contributed by atoms with E-state index in [1.807, 2.05) is 30.3 Å². The van der Waals surface area contributed by atoms with Crippen LogP contribution >= 0.6 is 10.7 Å². The fraction of sp³-hybridized carbons (Fsp3) is 0.231. The lowest BCUT2D eigenvalue weighted by Crippen LogP contribution is -2.34. The van der Waals surface area contributed by atoms with Crippen LogP contribution in [0.1, 0.15) is 11.5 Å². The molecular weight excluding hydrogens is 272 g/mol. The van der Waals surface area contributed by atoms with Crippen LogP contribution in [0.2, 0.25) is 0 Å². The van der Waals surface area contributed by atoms with E-state index in [1.54, 1.807) is 12.2 Å². The molecule has 0 aromatic heterocycles.